The minimum Gasteiger partial charge on any atom is -0.392 e. The van der Waals surface area contributed by atoms with Crippen molar-refractivity contribution >= 4 is 83.3 Å². The van der Waals surface area contributed by atoms with E-state index in [0.717, 1.165) is 187 Å². The van der Waals surface area contributed by atoms with E-state index in [1.165, 1.54) is 66.3 Å². The average Bonchev–Trinajstić information content (AvgIpc) is 0.957. The third-order valence-corrected chi connectivity index (χ3v) is 27.9. The highest BCUT2D eigenvalue weighted by molar-refractivity contribution is 7.99. The summed E-state index contributed by atoms with van der Waals surface area (Å²) >= 11 is 9.34. The number of β-amino-alcohol motifs (C(OH)–C–C–N with tert-alkyl or cyclic N) is 1. The molecule has 1 aliphatic carbocycles. The number of sulfone groups is 1. The first kappa shape index (κ1) is 86.5. The summed E-state index contributed by atoms with van der Waals surface area (Å²) in [6.07, 6.45) is 16.8. The van der Waals surface area contributed by atoms with Gasteiger partial charge in [-0.3, -0.25) is 19.4 Å². The number of sulfonamides is 1. The number of aryl methyl sites for hydroxylation is 1. The zero-order valence-electron chi connectivity index (χ0n) is 65.7. The molecule has 6 atom stereocenters. The van der Waals surface area contributed by atoms with Gasteiger partial charge in [0.05, 0.1) is 44.9 Å². The number of halogens is 4. The molecule has 4 aliphatic rings. The normalized spacial score (nSPS) is 19.2. The van der Waals surface area contributed by atoms with E-state index in [9.17, 15) is 44.7 Å². The van der Waals surface area contributed by atoms with Crippen molar-refractivity contribution in [3.8, 4) is 10.4 Å². The van der Waals surface area contributed by atoms with Gasteiger partial charge >= 0.3 is 5.51 Å². The number of aliphatic hydroxyl groups excluding tert-OH is 1. The van der Waals surface area contributed by atoms with Crippen LogP contribution in [0.4, 0.5) is 24.5 Å². The quantitative estimate of drug-likeness (QED) is 0.0181. The monoisotopic (exact) mass is 1610 g/mol. The molecule has 0 saturated carbocycles. The van der Waals surface area contributed by atoms with E-state index in [-0.39, 0.29) is 40.4 Å². The number of carbonyl (C=O) groups is 2. The molecule has 25 heteroatoms. The first-order valence-corrected chi connectivity index (χ1v) is 45.1. The van der Waals surface area contributed by atoms with Gasteiger partial charge in [-0.05, 0) is 185 Å². The number of thiazole rings is 1. The fourth-order valence-corrected chi connectivity index (χ4v) is 19.9. The molecule has 5 aromatic carbocycles. The highest BCUT2D eigenvalue weighted by atomic mass is 35.5. The van der Waals surface area contributed by atoms with Crippen LogP contribution in [0.2, 0.25) is 5.02 Å². The Bertz CT molecular complexity index is 4190. The first-order chi connectivity index (χ1) is 52.4. The van der Waals surface area contributed by atoms with Gasteiger partial charge in [-0.2, -0.15) is 13.2 Å². The van der Waals surface area contributed by atoms with Crippen LogP contribution in [0.25, 0.3) is 16.0 Å². The molecule has 1 aromatic heterocycles. The Morgan fingerprint density at radius 2 is 1.40 bits per heavy atom. The van der Waals surface area contributed by atoms with Crippen molar-refractivity contribution in [1.82, 2.24) is 39.9 Å². The fourth-order valence-electron chi connectivity index (χ4n) is 16.0. The van der Waals surface area contributed by atoms with Crippen LogP contribution in [0.15, 0.2) is 147 Å². The van der Waals surface area contributed by atoms with Crippen molar-refractivity contribution in [2.24, 2.45) is 10.8 Å². The Hall–Kier alpha value is -5.90. The maximum Gasteiger partial charge on any atom is 0.501 e. The number of likely N-dealkylation sites (tertiary alicyclic amines) is 1. The largest absolute Gasteiger partial charge is 0.501 e. The van der Waals surface area contributed by atoms with Crippen molar-refractivity contribution in [3.63, 3.8) is 0 Å². The number of thioether (sulfide) groups is 1. The van der Waals surface area contributed by atoms with E-state index in [1.807, 2.05) is 66.5 Å². The third-order valence-electron chi connectivity index (χ3n) is 22.6. The molecule has 110 heavy (non-hydrogen) atoms. The lowest BCUT2D eigenvalue weighted by Crippen LogP contribution is -2.52. The number of hydrogen-bond donors (Lipinski definition) is 5. The molecule has 0 radical (unpaired) electrons. The number of hydrogen-bond acceptors (Lipinski definition) is 17. The van der Waals surface area contributed by atoms with Gasteiger partial charge in [0.15, 0.2) is 0 Å². The Kier molecular flexibility index (Phi) is 31.4. The number of unbranched alkanes of at least 4 members (excludes halogenated alkanes) is 8. The van der Waals surface area contributed by atoms with Crippen molar-refractivity contribution in [3.05, 3.63) is 160 Å². The van der Waals surface area contributed by atoms with Crippen LogP contribution in [0.5, 0.6) is 0 Å². The molecular weight excluding hydrogens is 1490 g/mol. The van der Waals surface area contributed by atoms with Gasteiger partial charge in [-0.25, -0.2) is 26.5 Å². The van der Waals surface area contributed by atoms with Crippen molar-refractivity contribution in [1.29, 1.82) is 0 Å². The van der Waals surface area contributed by atoms with Crippen molar-refractivity contribution < 1.29 is 44.7 Å². The van der Waals surface area contributed by atoms with E-state index in [1.54, 1.807) is 23.5 Å². The number of allylic oxidation sites excluding steroid dienone is 1. The SMILES string of the molecule is CCCC[C@@H](CC(NCCCCCCCCCCN1CCN(CCC(CSc2ccccc2)Nc2ccc(S(=O)(=O)NC(=O)c3ccc(N4CCN(CC5=C(c6ccc(Cl)cc6)CCC(C)(C)C5)CC4)cc3)cc2S(=O)(=O)C(F)(F)F)CC1)C(C)(C)C)N1C[C@H](O)C[C@H]1C(=O)N[C@@H](C)c1ccc(-c2scnc2C)cc1. The van der Waals surface area contributed by atoms with E-state index in [2.05, 4.69) is 123 Å². The number of aromatic nitrogens is 1. The van der Waals surface area contributed by atoms with Gasteiger partial charge in [0.25, 0.3) is 25.8 Å². The highest BCUT2D eigenvalue weighted by Gasteiger charge is 2.49. The number of benzene rings is 5. The molecule has 3 fully saturated rings. The smallest absolute Gasteiger partial charge is 0.392 e. The Morgan fingerprint density at radius 1 is 0.764 bits per heavy atom. The predicted octanol–water partition coefficient (Wildman–Crippen LogP) is 16.9. The fraction of sp³-hybridized carbons (Fsp3) is 0.565. The van der Waals surface area contributed by atoms with Gasteiger partial charge in [-0.1, -0.05) is 165 Å². The summed E-state index contributed by atoms with van der Waals surface area (Å²) in [6.45, 7) is 28.1. The van der Waals surface area contributed by atoms with E-state index in [4.69, 9.17) is 11.6 Å². The summed E-state index contributed by atoms with van der Waals surface area (Å²) in [5.41, 5.74) is 3.97. The standard InChI is InChI=1S/C85H118ClF3N10O7S4/c1-9-10-22-71(99-58-72(100)54-77(99)82(102)92-61(2)63-25-27-65(28-26-63)80-62(3)91-60-108-80)53-79(83(4,5)6)90-42-20-15-13-11-12-14-16-21-43-95-45-47-96(48-46-95)44-40-69(59-107-73-23-18-17-19-24-73)93-76-38-37-74(55-78(76)109(103,104)85(87,88)89)110(105,106)94-81(101)66-31-35-70(36-32-66)98-51-49-97(50-52-98)57-67-56-84(7,8)41-39-75(67)64-29-33-68(86)34-30-64/h17-19,23-38,55,60-61,69,71-72,77,79,90,93,100H,9-16,20-22,39-54,56-59H2,1-8H3,(H,92,102)(H,94,101)/t61-,69?,71-,72+,77-,79?/m0/s1. The second-order valence-electron chi connectivity index (χ2n) is 32.7. The van der Waals surface area contributed by atoms with E-state index >= 15 is 0 Å². The molecule has 3 saturated heterocycles. The summed E-state index contributed by atoms with van der Waals surface area (Å²) in [6, 6.07) is 34.3. The Balaban J connectivity index is 0.647. The Morgan fingerprint density at radius 3 is 2.04 bits per heavy atom. The molecule has 17 nitrogen and oxygen atoms in total. The molecule has 3 aliphatic heterocycles. The Labute approximate surface area is 666 Å². The number of nitrogens with zero attached hydrogens (tertiary/aromatic N) is 6. The first-order valence-electron chi connectivity index (χ1n) is 39.9. The molecule has 4 heterocycles. The van der Waals surface area contributed by atoms with Crippen molar-refractivity contribution in [2.75, 3.05) is 101 Å². The van der Waals surface area contributed by atoms with Gasteiger partial charge < -0.3 is 35.8 Å². The number of carbonyl (C=O) groups excluding carboxylic acids is 2. The maximum atomic E-state index is 14.6. The number of nitrogens with one attached hydrogen (secondary N) is 4. The van der Waals surface area contributed by atoms with Crippen LogP contribution in [0.1, 0.15) is 191 Å². The number of amides is 2. The topological polar surface area (TPSA) is 200 Å². The van der Waals surface area contributed by atoms with Crippen LogP contribution < -0.4 is 25.6 Å². The van der Waals surface area contributed by atoms with E-state index < -0.39 is 64.9 Å². The van der Waals surface area contributed by atoms with E-state index in [0.29, 0.717) is 42.8 Å². The number of alkyl halides is 3. The summed E-state index contributed by atoms with van der Waals surface area (Å²) in [5.74, 6) is -0.682. The molecule has 2 unspecified atom stereocenters. The number of piperazine rings is 2. The maximum absolute atomic E-state index is 14.6. The van der Waals surface area contributed by atoms with Crippen LogP contribution in [-0.2, 0) is 24.7 Å². The van der Waals surface area contributed by atoms with Crippen LogP contribution in [0, 0.1) is 17.8 Å². The zero-order valence-corrected chi connectivity index (χ0v) is 69.8. The number of anilines is 2. The van der Waals surface area contributed by atoms with Gasteiger partial charge in [-0.15, -0.1) is 23.1 Å². The van der Waals surface area contributed by atoms with Gasteiger partial charge in [0, 0.05) is 117 Å². The predicted molar refractivity (Wildman–Crippen MR) is 444 cm³/mol. The van der Waals surface area contributed by atoms with Crippen molar-refractivity contribution in [2.45, 2.75) is 221 Å². The molecule has 602 valence electrons. The molecular formula is C85H118ClF3N10O7S4. The second kappa shape index (κ2) is 39.9. The molecule has 2 amide bonds. The molecule has 0 spiro atoms. The lowest BCUT2D eigenvalue weighted by Gasteiger charge is -2.39. The summed E-state index contributed by atoms with van der Waals surface area (Å²) < 4.78 is 101. The third kappa shape index (κ3) is 24.6. The van der Waals surface area contributed by atoms with Gasteiger partial charge in [0.1, 0.15) is 4.90 Å². The van der Waals surface area contributed by atoms with Crippen LogP contribution in [-0.4, -0.2) is 185 Å². The number of aliphatic hydroxyl groups is 1. The molecule has 6 aromatic rings. The summed E-state index contributed by atoms with van der Waals surface area (Å²) in [5, 5.41) is 22.2. The zero-order chi connectivity index (χ0) is 78.8. The summed E-state index contributed by atoms with van der Waals surface area (Å²) in [7, 11) is -11.0. The average molecular weight is 1610 g/mol. The minimum atomic E-state index is -6.11. The minimum absolute atomic E-state index is 0.00113. The second-order valence-corrected chi connectivity index (χ2v) is 38.6. The lowest BCUT2D eigenvalue weighted by atomic mass is 9.73. The number of rotatable bonds is 38. The molecule has 5 N–H and O–H groups in total. The molecule has 0 bridgehead atoms. The lowest BCUT2D eigenvalue weighted by molar-refractivity contribution is -0.127. The highest BCUT2D eigenvalue weighted by Crippen LogP contribution is 2.44. The van der Waals surface area contributed by atoms with Crippen LogP contribution in [0.3, 0.4) is 0 Å². The molecule has 10 rings (SSSR count). The van der Waals surface area contributed by atoms with Crippen LogP contribution >= 0.6 is 34.7 Å². The summed E-state index contributed by atoms with van der Waals surface area (Å²) in [4.78, 5) is 44.0. The van der Waals surface area contributed by atoms with Gasteiger partial charge in [0.2, 0.25) is 5.91 Å².